The van der Waals surface area contributed by atoms with Crippen LogP contribution in [0.2, 0.25) is 0 Å². The number of anilines is 1. The third kappa shape index (κ3) is 2.58. The first-order valence-corrected chi connectivity index (χ1v) is 11.0. The van der Waals surface area contributed by atoms with E-state index in [1.165, 1.54) is 29.7 Å². The van der Waals surface area contributed by atoms with Crippen molar-refractivity contribution in [1.29, 1.82) is 0 Å². The molecule has 2 unspecified atom stereocenters. The molecule has 2 aliphatic carbocycles. The van der Waals surface area contributed by atoms with Crippen molar-refractivity contribution in [2.24, 2.45) is 0 Å². The number of allylic oxidation sites excluding steroid dienone is 1. The first-order chi connectivity index (χ1) is 14.7. The van der Waals surface area contributed by atoms with Gasteiger partial charge in [-0.2, -0.15) is 0 Å². The second-order valence-electron chi connectivity index (χ2n) is 9.07. The van der Waals surface area contributed by atoms with Gasteiger partial charge < -0.3 is 10.2 Å². The van der Waals surface area contributed by atoms with Gasteiger partial charge in [-0.3, -0.25) is 9.69 Å². The van der Waals surface area contributed by atoms with Crippen LogP contribution in [0.3, 0.4) is 0 Å². The van der Waals surface area contributed by atoms with Crippen molar-refractivity contribution in [3.63, 3.8) is 0 Å². The lowest BCUT2D eigenvalue weighted by Crippen LogP contribution is -2.56. The van der Waals surface area contributed by atoms with Gasteiger partial charge in [-0.05, 0) is 72.6 Å². The van der Waals surface area contributed by atoms with Crippen LogP contribution in [0, 0.1) is 5.82 Å². The number of amides is 1. The second-order valence-corrected chi connectivity index (χ2v) is 9.07. The van der Waals surface area contributed by atoms with Crippen LogP contribution < -0.4 is 10.2 Å². The monoisotopic (exact) mass is 403 g/mol. The van der Waals surface area contributed by atoms with E-state index in [1.54, 1.807) is 17.7 Å². The van der Waals surface area contributed by atoms with Crippen LogP contribution in [0.4, 0.5) is 10.1 Å². The fourth-order valence-corrected chi connectivity index (χ4v) is 6.19. The highest BCUT2D eigenvalue weighted by Crippen LogP contribution is 2.50. The Kier molecular flexibility index (Phi) is 4.03. The highest BCUT2D eigenvalue weighted by Gasteiger charge is 2.51. The highest BCUT2D eigenvalue weighted by molar-refractivity contribution is 5.93. The molecule has 6 rings (SSSR count). The van der Waals surface area contributed by atoms with Crippen molar-refractivity contribution < 1.29 is 9.18 Å². The third-order valence-corrected chi connectivity index (χ3v) is 7.71. The first-order valence-electron chi connectivity index (χ1n) is 11.0. The number of carbonyl (C=O) groups excluding carboxylic acids is 1. The first kappa shape index (κ1) is 18.1. The number of benzene rings is 2. The van der Waals surface area contributed by atoms with Crippen molar-refractivity contribution in [2.45, 2.75) is 43.2 Å². The average molecular weight is 404 g/mol. The Morgan fingerprint density at radius 1 is 1.07 bits per heavy atom. The third-order valence-electron chi connectivity index (χ3n) is 7.71. The van der Waals surface area contributed by atoms with Gasteiger partial charge in [0.2, 0.25) is 5.91 Å². The molecule has 154 valence electrons. The predicted molar refractivity (Wildman–Crippen MR) is 116 cm³/mol. The van der Waals surface area contributed by atoms with Crippen molar-refractivity contribution in [1.82, 2.24) is 10.2 Å². The molecule has 2 aromatic carbocycles. The van der Waals surface area contributed by atoms with E-state index in [0.29, 0.717) is 18.6 Å². The van der Waals surface area contributed by atoms with Gasteiger partial charge in [-0.15, -0.1) is 0 Å². The highest BCUT2D eigenvalue weighted by atomic mass is 19.1. The number of rotatable bonds is 2. The molecule has 1 spiro atoms. The summed E-state index contributed by atoms with van der Waals surface area (Å²) < 4.78 is 13.4. The van der Waals surface area contributed by atoms with Crippen LogP contribution in [0.5, 0.6) is 0 Å². The fourth-order valence-electron chi connectivity index (χ4n) is 6.19. The van der Waals surface area contributed by atoms with Crippen molar-refractivity contribution in [3.05, 3.63) is 71.0 Å². The van der Waals surface area contributed by atoms with Crippen molar-refractivity contribution >= 4 is 17.7 Å². The van der Waals surface area contributed by atoms with Crippen LogP contribution >= 0.6 is 0 Å². The number of hydrogen-bond acceptors (Lipinski definition) is 3. The molecule has 30 heavy (non-hydrogen) atoms. The van der Waals surface area contributed by atoms with E-state index in [-0.39, 0.29) is 11.7 Å². The molecule has 2 heterocycles. The SMILES string of the molecule is O=C1NCN(c2ccc(F)cc2)C12CCN(C1CC3CC=Cc4cccc1c43)CC2. The standard InChI is InChI=1S/C25H26FN3O/c26-19-7-9-20(10-8-19)29-16-27-24(30)25(29)11-13-28(14-12-25)22-15-18-5-1-3-17-4-2-6-21(22)23(17)18/h1-4,6-10,18,22H,5,11-16H2,(H,27,30). The zero-order valence-corrected chi connectivity index (χ0v) is 17.0. The Balaban J connectivity index is 1.25. The van der Waals surface area contributed by atoms with E-state index in [0.717, 1.165) is 38.0 Å². The molecular formula is C25H26FN3O. The lowest BCUT2D eigenvalue weighted by molar-refractivity contribution is -0.125. The van der Waals surface area contributed by atoms with E-state index >= 15 is 0 Å². The Morgan fingerprint density at radius 3 is 2.67 bits per heavy atom. The molecule has 1 amide bonds. The van der Waals surface area contributed by atoms with E-state index in [1.807, 2.05) is 0 Å². The topological polar surface area (TPSA) is 35.6 Å². The molecule has 4 aliphatic rings. The largest absolute Gasteiger partial charge is 0.339 e. The smallest absolute Gasteiger partial charge is 0.247 e. The van der Waals surface area contributed by atoms with Gasteiger partial charge >= 0.3 is 0 Å². The normalized spacial score (nSPS) is 26.8. The second kappa shape index (κ2) is 6.67. The van der Waals surface area contributed by atoms with E-state index < -0.39 is 5.54 Å². The van der Waals surface area contributed by atoms with Gasteiger partial charge in [0.25, 0.3) is 0 Å². The van der Waals surface area contributed by atoms with Crippen LogP contribution in [0.15, 0.2) is 48.5 Å². The molecule has 5 heteroatoms. The van der Waals surface area contributed by atoms with Crippen LogP contribution in [0.25, 0.3) is 6.08 Å². The number of halogens is 1. The van der Waals surface area contributed by atoms with Gasteiger partial charge in [0, 0.05) is 24.8 Å². The number of piperidine rings is 1. The number of hydrogen-bond donors (Lipinski definition) is 1. The zero-order valence-electron chi connectivity index (χ0n) is 17.0. The van der Waals surface area contributed by atoms with E-state index in [4.69, 9.17) is 0 Å². The Bertz CT molecular complexity index is 1020. The maximum atomic E-state index is 13.4. The number of likely N-dealkylation sites (tertiary alicyclic amines) is 1. The molecular weight excluding hydrogens is 377 g/mol. The fraction of sp³-hybridized carbons (Fsp3) is 0.400. The molecule has 0 saturated carbocycles. The molecule has 1 N–H and O–H groups in total. The number of carbonyl (C=O) groups is 1. The van der Waals surface area contributed by atoms with Crippen LogP contribution in [-0.2, 0) is 4.79 Å². The minimum absolute atomic E-state index is 0.112. The Morgan fingerprint density at radius 2 is 1.87 bits per heavy atom. The Hall–Kier alpha value is -2.66. The van der Waals surface area contributed by atoms with Crippen molar-refractivity contribution in [2.75, 3.05) is 24.7 Å². The van der Waals surface area contributed by atoms with Gasteiger partial charge in [0.05, 0.1) is 6.67 Å². The quantitative estimate of drug-likeness (QED) is 0.816. The molecule has 2 saturated heterocycles. The lowest BCUT2D eigenvalue weighted by atomic mass is 9.84. The summed E-state index contributed by atoms with van der Waals surface area (Å²) >= 11 is 0. The summed E-state index contributed by atoms with van der Waals surface area (Å²) in [5.74, 6) is 0.495. The maximum Gasteiger partial charge on any atom is 0.247 e. The van der Waals surface area contributed by atoms with Crippen molar-refractivity contribution in [3.8, 4) is 0 Å². The molecule has 0 bridgehead atoms. The number of nitrogens with one attached hydrogen (secondary N) is 1. The van der Waals surface area contributed by atoms with E-state index in [2.05, 4.69) is 45.5 Å². The van der Waals surface area contributed by atoms with Crippen LogP contribution in [0.1, 0.15) is 54.3 Å². The maximum absolute atomic E-state index is 13.4. The molecule has 2 aromatic rings. The predicted octanol–water partition coefficient (Wildman–Crippen LogP) is 4.20. The van der Waals surface area contributed by atoms with E-state index in [9.17, 15) is 9.18 Å². The summed E-state index contributed by atoms with van der Waals surface area (Å²) in [4.78, 5) is 17.7. The molecule has 2 aliphatic heterocycles. The van der Waals surface area contributed by atoms with Gasteiger partial charge in [-0.1, -0.05) is 30.4 Å². The Labute approximate surface area is 176 Å². The summed E-state index contributed by atoms with van der Waals surface area (Å²) in [6, 6.07) is 13.7. The minimum atomic E-state index is -0.521. The zero-order chi connectivity index (χ0) is 20.3. The summed E-state index contributed by atoms with van der Waals surface area (Å²) in [6.07, 6.45) is 8.49. The molecule has 2 fully saturated rings. The summed E-state index contributed by atoms with van der Waals surface area (Å²) in [5.41, 5.74) is 4.82. The minimum Gasteiger partial charge on any atom is -0.339 e. The van der Waals surface area contributed by atoms with Gasteiger partial charge in [-0.25, -0.2) is 4.39 Å². The average Bonchev–Trinajstić information content (AvgIpc) is 3.30. The summed E-state index contributed by atoms with van der Waals surface area (Å²) in [6.45, 7) is 2.30. The molecule has 0 radical (unpaired) electrons. The lowest BCUT2D eigenvalue weighted by Gasteiger charge is -2.45. The summed E-state index contributed by atoms with van der Waals surface area (Å²) in [5, 5.41) is 3.04. The molecule has 2 atom stereocenters. The molecule has 4 nitrogen and oxygen atoms in total. The van der Waals surface area contributed by atoms with Gasteiger partial charge in [0.15, 0.2) is 0 Å². The number of nitrogens with zero attached hydrogens (tertiary/aromatic N) is 2. The van der Waals surface area contributed by atoms with Gasteiger partial charge in [0.1, 0.15) is 11.4 Å². The van der Waals surface area contributed by atoms with Crippen LogP contribution in [-0.4, -0.2) is 36.1 Å². The molecule has 0 aromatic heterocycles. The summed E-state index contributed by atoms with van der Waals surface area (Å²) in [7, 11) is 0.